The molecule has 1 nitrogen and oxygen atoms in total. The number of hydrogen-bond donors (Lipinski definition) is 0. The summed E-state index contributed by atoms with van der Waals surface area (Å²) in [7, 11) is 3.46. The summed E-state index contributed by atoms with van der Waals surface area (Å²) >= 11 is 4.37. The second-order valence-electron chi connectivity index (χ2n) is 0.742. The molecular formula is C2H6OS. The quantitative estimate of drug-likeness (QED) is 0.296. The van der Waals surface area contributed by atoms with Gasteiger partial charge in [0.1, 0.15) is 14.2 Å². The highest BCUT2D eigenvalue weighted by Crippen LogP contribution is 1.63. The van der Waals surface area contributed by atoms with Gasteiger partial charge in [-0.2, -0.15) is 0 Å². The average molecular weight is 78.1 g/mol. The Bertz CT molecular complexity index is 10.8. The molecule has 0 saturated heterocycles. The van der Waals surface area contributed by atoms with E-state index in [0.717, 1.165) is 0 Å². The Hall–Kier alpha value is 0.310. The van der Waals surface area contributed by atoms with Gasteiger partial charge in [0, 0.05) is 0 Å². The summed E-state index contributed by atoms with van der Waals surface area (Å²) in [5, 5.41) is 0. The molecule has 4 heavy (non-hydrogen) atoms. The molecule has 0 amide bonds. The smallest absolute Gasteiger partial charge is 0.119 e. The van der Waals surface area contributed by atoms with Crippen LogP contribution in [0, 0.1) is 0 Å². The third-order valence-corrected chi connectivity index (χ3v) is 0. The normalized spacial score (nSPS) is 9.00. The van der Waals surface area contributed by atoms with E-state index in [9.17, 15) is 0 Å². The Kier molecular flexibility index (Phi) is 1.74. The van der Waals surface area contributed by atoms with Crippen molar-refractivity contribution in [2.24, 2.45) is 0 Å². The molecule has 0 bridgehead atoms. The summed E-state index contributed by atoms with van der Waals surface area (Å²) in [4.78, 5) is 0. The molecule has 0 radical (unpaired) electrons. The maximum absolute atomic E-state index is 4.37. The third kappa shape index (κ3) is 41.3. The van der Waals surface area contributed by atoms with Crippen LogP contribution < -0.4 is 0 Å². The fraction of sp³-hybridized carbons (Fsp3) is 1.00. The molecule has 0 spiro atoms. The number of hydrogen-bond acceptors (Lipinski definition) is 1. The van der Waals surface area contributed by atoms with E-state index in [4.69, 9.17) is 0 Å². The highest BCUT2D eigenvalue weighted by Gasteiger charge is 1.48. The highest BCUT2D eigenvalue weighted by atomic mass is 32.1. The second kappa shape index (κ2) is 1.61. The lowest BCUT2D eigenvalue weighted by Crippen LogP contribution is -1.84. The van der Waals surface area contributed by atoms with Gasteiger partial charge in [-0.1, -0.05) is 0 Å². The molecule has 0 rings (SSSR count). The molecule has 26 valence electrons. The first-order valence-electron chi connectivity index (χ1n) is 0.983. The highest BCUT2D eigenvalue weighted by molar-refractivity contribution is 7.53. The van der Waals surface area contributed by atoms with Gasteiger partial charge in [-0.25, -0.2) is 0 Å². The van der Waals surface area contributed by atoms with Gasteiger partial charge in [0.25, 0.3) is 0 Å². The molecule has 0 aliphatic carbocycles. The molecule has 0 heterocycles. The van der Waals surface area contributed by atoms with Crippen LogP contribution in [0.4, 0.5) is 0 Å². The lowest BCUT2D eigenvalue weighted by atomic mass is 11.6. The Balaban J connectivity index is 2.32. The maximum atomic E-state index is 4.37. The van der Waals surface area contributed by atoms with Crippen LogP contribution in [0.2, 0.25) is 0 Å². The summed E-state index contributed by atoms with van der Waals surface area (Å²) in [5.41, 5.74) is 0. The van der Waals surface area contributed by atoms with E-state index in [1.165, 1.54) is 0 Å². The summed E-state index contributed by atoms with van der Waals surface area (Å²) in [6.07, 6.45) is 0. The van der Waals surface area contributed by atoms with Gasteiger partial charge in [-0.15, -0.1) is 0 Å². The van der Waals surface area contributed by atoms with Gasteiger partial charge in [-0.05, 0) is 0 Å². The molecule has 0 aromatic heterocycles. The van der Waals surface area contributed by atoms with Crippen molar-refractivity contribution >= 4 is 12.9 Å². The second-order valence-corrected chi connectivity index (χ2v) is 1.41. The van der Waals surface area contributed by atoms with Crippen LogP contribution in [0.1, 0.15) is 0 Å². The fourth-order valence-electron chi connectivity index (χ4n) is 0. The Morgan fingerprint density at radius 1 is 1.50 bits per heavy atom. The largest absolute Gasteiger partial charge is 0.540 e. The Labute approximate surface area is 31.9 Å². The van der Waals surface area contributed by atoms with E-state index in [-0.39, 0.29) is 0 Å². The molecule has 0 saturated carbocycles. The first-order valence-corrected chi connectivity index (χ1v) is 1.32. The first-order chi connectivity index (χ1) is 1.73. The minimum Gasteiger partial charge on any atom is -0.540 e. The summed E-state index contributed by atoms with van der Waals surface area (Å²) in [6.45, 7) is 0. The predicted molar refractivity (Wildman–Crippen MR) is 20.3 cm³/mol. The molecule has 0 aliphatic heterocycles. The minimum absolute atomic E-state index is 1.73. The van der Waals surface area contributed by atoms with Gasteiger partial charge in [0.15, 0.2) is 0 Å². The molecule has 0 N–H and O–H groups in total. The fourth-order valence-corrected chi connectivity index (χ4v) is 0. The van der Waals surface area contributed by atoms with E-state index >= 15 is 0 Å². The summed E-state index contributed by atoms with van der Waals surface area (Å²) in [5.74, 6) is 0. The van der Waals surface area contributed by atoms with Crippen LogP contribution >= 0.6 is 0 Å². The number of rotatable bonds is 0. The van der Waals surface area contributed by atoms with E-state index in [2.05, 4.69) is 16.7 Å². The van der Waals surface area contributed by atoms with Crippen LogP contribution in [-0.4, -0.2) is 14.2 Å². The van der Waals surface area contributed by atoms with Crippen molar-refractivity contribution in [3.63, 3.8) is 0 Å². The lowest BCUT2D eigenvalue weighted by Gasteiger charge is -2.05. The maximum Gasteiger partial charge on any atom is 0.119 e. The SMILES string of the molecule is C[O+](C)[S-]. The van der Waals surface area contributed by atoms with Crippen molar-refractivity contribution in [1.29, 1.82) is 0 Å². The molecule has 0 aromatic rings. The van der Waals surface area contributed by atoms with Gasteiger partial charge in [0.2, 0.25) is 0 Å². The van der Waals surface area contributed by atoms with E-state index in [1.807, 2.05) is 0 Å². The molecule has 0 fully saturated rings. The monoisotopic (exact) mass is 78.0 g/mol. The van der Waals surface area contributed by atoms with E-state index in [1.54, 1.807) is 14.2 Å². The zero-order valence-corrected chi connectivity index (χ0v) is 3.63. The van der Waals surface area contributed by atoms with Crippen LogP contribution in [0.5, 0.6) is 0 Å². The van der Waals surface area contributed by atoms with Crippen molar-refractivity contribution in [2.75, 3.05) is 14.2 Å². The van der Waals surface area contributed by atoms with Gasteiger partial charge < -0.3 is 16.7 Å². The standard InChI is InChI=1S/C2H6OS/c1-3(2)4/h1-2H3. The van der Waals surface area contributed by atoms with E-state index in [0.29, 0.717) is 0 Å². The van der Waals surface area contributed by atoms with Crippen molar-refractivity contribution in [3.05, 3.63) is 0 Å². The van der Waals surface area contributed by atoms with Gasteiger partial charge in [-0.3, -0.25) is 0 Å². The van der Waals surface area contributed by atoms with Crippen LogP contribution in [0.25, 0.3) is 0 Å². The summed E-state index contributed by atoms with van der Waals surface area (Å²) in [6, 6.07) is 0. The van der Waals surface area contributed by atoms with Crippen molar-refractivity contribution in [1.82, 2.24) is 0 Å². The molecule has 0 aliphatic rings. The van der Waals surface area contributed by atoms with Crippen molar-refractivity contribution < 1.29 is 3.81 Å². The molecule has 0 unspecified atom stereocenters. The Morgan fingerprint density at radius 2 is 1.50 bits per heavy atom. The minimum atomic E-state index is 1.73. The topological polar surface area (TPSA) is 2.70 Å². The zero-order valence-electron chi connectivity index (χ0n) is 2.82. The third-order valence-electron chi connectivity index (χ3n) is 0. The van der Waals surface area contributed by atoms with Gasteiger partial charge >= 0.3 is 0 Å². The van der Waals surface area contributed by atoms with Crippen molar-refractivity contribution in [3.8, 4) is 0 Å². The zero-order chi connectivity index (χ0) is 3.58. The predicted octanol–water partition coefficient (Wildman–Crippen LogP) is 0.260. The average Bonchev–Trinajstić information content (AvgIpc) is 0.811. The van der Waals surface area contributed by atoms with Crippen molar-refractivity contribution in [2.45, 2.75) is 0 Å². The Morgan fingerprint density at radius 3 is 1.50 bits per heavy atom. The van der Waals surface area contributed by atoms with Crippen LogP contribution in [0.15, 0.2) is 0 Å². The molecule has 0 atom stereocenters. The van der Waals surface area contributed by atoms with Crippen LogP contribution in [0.3, 0.4) is 0 Å². The molecule has 0 aromatic carbocycles. The first kappa shape index (κ1) is 4.31. The molecule has 2 heteroatoms. The summed E-state index contributed by atoms with van der Waals surface area (Å²) < 4.78 is 2.17. The van der Waals surface area contributed by atoms with Gasteiger partial charge in [0.05, 0.1) is 0 Å². The van der Waals surface area contributed by atoms with Crippen LogP contribution in [-0.2, 0) is 16.7 Å². The van der Waals surface area contributed by atoms with E-state index < -0.39 is 0 Å². The molecular weight excluding hydrogens is 72.1 g/mol. The lowest BCUT2D eigenvalue weighted by molar-refractivity contribution is 0.172.